The van der Waals surface area contributed by atoms with Crippen LogP contribution in [0, 0.1) is 0 Å². The summed E-state index contributed by atoms with van der Waals surface area (Å²) in [6, 6.07) is 6.69. The number of aromatic nitrogens is 1. The highest BCUT2D eigenvalue weighted by Crippen LogP contribution is 2.06. The average molecular weight is 191 g/mol. The zero-order chi connectivity index (χ0) is 9.80. The Balaban J connectivity index is 1.78. The Morgan fingerprint density at radius 3 is 3.14 bits per heavy atom. The van der Waals surface area contributed by atoms with Crippen molar-refractivity contribution in [2.45, 2.75) is 19.0 Å². The topological polar surface area (TPSA) is 28.2 Å². The molecule has 2 rings (SSSR count). The highest BCUT2D eigenvalue weighted by molar-refractivity contribution is 5.03. The summed E-state index contributed by atoms with van der Waals surface area (Å²) < 4.78 is 0. The largest absolute Gasteiger partial charge is 0.307 e. The van der Waals surface area contributed by atoms with Gasteiger partial charge >= 0.3 is 0 Å². The second-order valence-electron chi connectivity index (χ2n) is 3.95. The monoisotopic (exact) mass is 191 g/mol. The number of nitrogens with zero attached hydrogens (tertiary/aromatic N) is 2. The lowest BCUT2D eigenvalue weighted by molar-refractivity contribution is 0.397. The lowest BCUT2D eigenvalue weighted by Crippen LogP contribution is -2.31. The van der Waals surface area contributed by atoms with E-state index >= 15 is 0 Å². The molecule has 1 aliphatic rings. The van der Waals surface area contributed by atoms with Gasteiger partial charge in [0, 0.05) is 25.3 Å². The lowest BCUT2D eigenvalue weighted by Gasteiger charge is -2.11. The predicted octanol–water partition coefficient (Wildman–Crippen LogP) is 0.875. The van der Waals surface area contributed by atoms with E-state index in [-0.39, 0.29) is 0 Å². The fraction of sp³-hybridized carbons (Fsp3) is 0.545. The van der Waals surface area contributed by atoms with Gasteiger partial charge in [0.2, 0.25) is 0 Å². The molecular formula is C11H17N3. The van der Waals surface area contributed by atoms with Crippen LogP contribution in [0.5, 0.6) is 0 Å². The van der Waals surface area contributed by atoms with Crippen molar-refractivity contribution in [2.24, 2.45) is 0 Å². The first kappa shape index (κ1) is 9.62. The molecule has 1 fully saturated rings. The van der Waals surface area contributed by atoms with Crippen LogP contribution >= 0.6 is 0 Å². The quantitative estimate of drug-likeness (QED) is 0.768. The molecule has 0 unspecified atom stereocenters. The van der Waals surface area contributed by atoms with Crippen LogP contribution < -0.4 is 5.32 Å². The molecule has 3 nitrogen and oxygen atoms in total. The SMILES string of the molecule is CN1CC[C@H](NCc2ccccn2)C1. The highest BCUT2D eigenvalue weighted by Gasteiger charge is 2.18. The van der Waals surface area contributed by atoms with E-state index < -0.39 is 0 Å². The first-order chi connectivity index (χ1) is 6.84. The first-order valence-electron chi connectivity index (χ1n) is 5.16. The van der Waals surface area contributed by atoms with Crippen molar-refractivity contribution in [1.29, 1.82) is 0 Å². The van der Waals surface area contributed by atoms with Crippen molar-refractivity contribution in [3.63, 3.8) is 0 Å². The Labute approximate surface area is 85.1 Å². The number of pyridine rings is 1. The predicted molar refractivity (Wildman–Crippen MR) is 57.0 cm³/mol. The van der Waals surface area contributed by atoms with Gasteiger partial charge in [-0.15, -0.1) is 0 Å². The zero-order valence-corrected chi connectivity index (χ0v) is 8.61. The van der Waals surface area contributed by atoms with Gasteiger partial charge in [-0.1, -0.05) is 6.07 Å². The maximum Gasteiger partial charge on any atom is 0.0541 e. The third-order valence-electron chi connectivity index (χ3n) is 2.69. The highest BCUT2D eigenvalue weighted by atomic mass is 15.2. The van der Waals surface area contributed by atoms with Crippen LogP contribution in [0.15, 0.2) is 24.4 Å². The number of likely N-dealkylation sites (tertiary alicyclic amines) is 1. The molecule has 76 valence electrons. The molecule has 2 heterocycles. The van der Waals surface area contributed by atoms with Gasteiger partial charge in [0.05, 0.1) is 5.69 Å². The van der Waals surface area contributed by atoms with Gasteiger partial charge in [0.15, 0.2) is 0 Å². The summed E-state index contributed by atoms with van der Waals surface area (Å²) in [7, 11) is 2.17. The second kappa shape index (κ2) is 4.53. The average Bonchev–Trinajstić information content (AvgIpc) is 2.63. The zero-order valence-electron chi connectivity index (χ0n) is 8.61. The molecule has 1 aromatic rings. The normalized spacial score (nSPS) is 22.8. The minimum atomic E-state index is 0.641. The standard InChI is InChI=1S/C11H17N3/c1-14-7-5-11(9-14)13-8-10-4-2-3-6-12-10/h2-4,6,11,13H,5,7-9H2,1H3/t11-/m0/s1. The molecule has 0 amide bonds. The van der Waals surface area contributed by atoms with E-state index in [9.17, 15) is 0 Å². The molecule has 1 aromatic heterocycles. The molecular weight excluding hydrogens is 174 g/mol. The summed E-state index contributed by atoms with van der Waals surface area (Å²) in [6.07, 6.45) is 3.10. The molecule has 0 radical (unpaired) electrons. The van der Waals surface area contributed by atoms with Crippen molar-refractivity contribution >= 4 is 0 Å². The van der Waals surface area contributed by atoms with Gasteiger partial charge in [-0.3, -0.25) is 4.98 Å². The minimum absolute atomic E-state index is 0.641. The second-order valence-corrected chi connectivity index (χ2v) is 3.95. The maximum atomic E-state index is 4.28. The van der Waals surface area contributed by atoms with E-state index in [1.807, 2.05) is 18.3 Å². The van der Waals surface area contributed by atoms with Gasteiger partial charge in [0.1, 0.15) is 0 Å². The molecule has 0 aromatic carbocycles. The fourth-order valence-electron chi connectivity index (χ4n) is 1.85. The number of hydrogen-bond acceptors (Lipinski definition) is 3. The van der Waals surface area contributed by atoms with Crippen molar-refractivity contribution in [1.82, 2.24) is 15.2 Å². The molecule has 14 heavy (non-hydrogen) atoms. The fourth-order valence-corrected chi connectivity index (χ4v) is 1.85. The van der Waals surface area contributed by atoms with E-state index in [4.69, 9.17) is 0 Å². The van der Waals surface area contributed by atoms with Crippen LogP contribution in [0.25, 0.3) is 0 Å². The molecule has 0 saturated carbocycles. The molecule has 0 spiro atoms. The van der Waals surface area contributed by atoms with Crippen molar-refractivity contribution in [3.05, 3.63) is 30.1 Å². The van der Waals surface area contributed by atoms with Gasteiger partial charge in [-0.2, -0.15) is 0 Å². The number of rotatable bonds is 3. The third kappa shape index (κ3) is 2.53. The van der Waals surface area contributed by atoms with Crippen LogP contribution in [0.1, 0.15) is 12.1 Å². The van der Waals surface area contributed by atoms with E-state index in [1.54, 1.807) is 0 Å². The van der Waals surface area contributed by atoms with Gasteiger partial charge in [-0.25, -0.2) is 0 Å². The third-order valence-corrected chi connectivity index (χ3v) is 2.69. The smallest absolute Gasteiger partial charge is 0.0541 e. The van der Waals surface area contributed by atoms with Crippen LogP contribution in [-0.2, 0) is 6.54 Å². The van der Waals surface area contributed by atoms with Crippen molar-refractivity contribution in [2.75, 3.05) is 20.1 Å². The van der Waals surface area contributed by atoms with Crippen LogP contribution in [0.3, 0.4) is 0 Å². The number of likely N-dealkylation sites (N-methyl/N-ethyl adjacent to an activating group) is 1. The van der Waals surface area contributed by atoms with Gasteiger partial charge < -0.3 is 10.2 Å². The summed E-state index contributed by atoms with van der Waals surface area (Å²) in [5.74, 6) is 0. The van der Waals surface area contributed by atoms with E-state index in [0.29, 0.717) is 6.04 Å². The van der Waals surface area contributed by atoms with Crippen LogP contribution in [0.2, 0.25) is 0 Å². The van der Waals surface area contributed by atoms with Gasteiger partial charge in [0.25, 0.3) is 0 Å². The van der Waals surface area contributed by atoms with Crippen molar-refractivity contribution < 1.29 is 0 Å². The summed E-state index contributed by atoms with van der Waals surface area (Å²) >= 11 is 0. The summed E-state index contributed by atoms with van der Waals surface area (Å²) in [5, 5.41) is 3.52. The number of nitrogens with one attached hydrogen (secondary N) is 1. The Hall–Kier alpha value is -0.930. The van der Waals surface area contributed by atoms with E-state index in [2.05, 4.69) is 28.3 Å². The number of hydrogen-bond donors (Lipinski definition) is 1. The maximum absolute atomic E-state index is 4.28. The molecule has 1 aliphatic heterocycles. The Morgan fingerprint density at radius 2 is 2.50 bits per heavy atom. The molecule has 0 bridgehead atoms. The Bertz CT molecular complexity index is 273. The summed E-state index contributed by atoms with van der Waals surface area (Å²) in [4.78, 5) is 6.64. The van der Waals surface area contributed by atoms with E-state index in [1.165, 1.54) is 13.0 Å². The van der Waals surface area contributed by atoms with Crippen LogP contribution in [0.4, 0.5) is 0 Å². The Kier molecular flexibility index (Phi) is 3.11. The van der Waals surface area contributed by atoms with Gasteiger partial charge in [-0.05, 0) is 32.1 Å². The molecule has 1 saturated heterocycles. The molecule has 0 aliphatic carbocycles. The Morgan fingerprint density at radius 1 is 1.57 bits per heavy atom. The molecule has 3 heteroatoms. The summed E-state index contributed by atoms with van der Waals surface area (Å²) in [5.41, 5.74) is 1.13. The molecule has 1 N–H and O–H groups in total. The lowest BCUT2D eigenvalue weighted by atomic mass is 10.2. The first-order valence-corrected chi connectivity index (χ1v) is 5.16. The van der Waals surface area contributed by atoms with Crippen LogP contribution in [-0.4, -0.2) is 36.1 Å². The van der Waals surface area contributed by atoms with Crippen molar-refractivity contribution in [3.8, 4) is 0 Å². The summed E-state index contributed by atoms with van der Waals surface area (Å²) in [6.45, 7) is 3.26. The molecule has 1 atom stereocenters. The van der Waals surface area contributed by atoms with E-state index in [0.717, 1.165) is 18.8 Å². The minimum Gasteiger partial charge on any atom is -0.307 e.